The first-order valence-electron chi connectivity index (χ1n) is 22.3. The highest BCUT2D eigenvalue weighted by Gasteiger charge is 2.36. The molecule has 0 saturated heterocycles. The van der Waals surface area contributed by atoms with Crippen molar-refractivity contribution in [3.8, 4) is 0 Å². The average molecular weight is 694 g/mol. The fourth-order valence-corrected chi connectivity index (χ4v) is 8.07. The first-order valence-corrected chi connectivity index (χ1v) is 22.3. The van der Waals surface area contributed by atoms with Crippen LogP contribution in [-0.4, -0.2) is 30.8 Å². The molecule has 1 aliphatic rings. The number of hydrogen-bond acceptors (Lipinski definition) is 2. The van der Waals surface area contributed by atoms with Gasteiger partial charge in [-0.25, -0.2) is 0 Å². The summed E-state index contributed by atoms with van der Waals surface area (Å²) >= 11 is 0. The fourth-order valence-electron chi connectivity index (χ4n) is 8.07. The van der Waals surface area contributed by atoms with Crippen LogP contribution in [0.4, 0.5) is 0 Å². The van der Waals surface area contributed by atoms with E-state index in [-0.39, 0.29) is 11.8 Å². The molecule has 3 atom stereocenters. The largest absolute Gasteiger partial charge is 0.306 e. The number of nitrogens with zero attached hydrogens (tertiary/aromatic N) is 1. The summed E-state index contributed by atoms with van der Waals surface area (Å²) < 4.78 is 0. The predicted octanol–water partition coefficient (Wildman–Crippen LogP) is 15.3. The van der Waals surface area contributed by atoms with E-state index in [0.29, 0.717) is 17.7 Å². The van der Waals surface area contributed by atoms with Gasteiger partial charge < -0.3 is 4.90 Å². The molecule has 2 heteroatoms. The Balaban J connectivity index is 2.34. The van der Waals surface area contributed by atoms with Crippen molar-refractivity contribution in [1.82, 2.24) is 4.90 Å². The third-order valence-corrected chi connectivity index (χ3v) is 11.5. The Morgan fingerprint density at radius 2 is 0.920 bits per heavy atom. The summed E-state index contributed by atoms with van der Waals surface area (Å²) in [5.74, 6) is 1.64. The van der Waals surface area contributed by atoms with Crippen molar-refractivity contribution < 1.29 is 4.79 Å². The number of hydrogen-bond donors (Lipinski definition) is 0. The van der Waals surface area contributed by atoms with E-state index in [2.05, 4.69) is 88.4 Å². The minimum absolute atomic E-state index is 0.219. The molecule has 0 aromatic rings. The first-order chi connectivity index (χ1) is 24.5. The molecule has 0 amide bonds. The second kappa shape index (κ2) is 34.7. The highest BCUT2D eigenvalue weighted by Crippen LogP contribution is 2.34. The Morgan fingerprint density at radius 1 is 0.540 bits per heavy atom. The maximum absolute atomic E-state index is 14.0. The predicted molar refractivity (Wildman–Crippen MR) is 225 cm³/mol. The van der Waals surface area contributed by atoms with Gasteiger partial charge in [-0.2, -0.15) is 0 Å². The minimum Gasteiger partial charge on any atom is -0.306 e. The van der Waals surface area contributed by atoms with Gasteiger partial charge in [0.05, 0.1) is 0 Å². The number of unbranched alkanes of at least 4 members (excludes halogenated alkanes) is 18. The van der Waals surface area contributed by atoms with E-state index in [4.69, 9.17) is 0 Å². The minimum atomic E-state index is 0.219. The molecule has 0 spiro atoms. The smallest absolute Gasteiger partial charge is 0.140 e. The molecule has 2 nitrogen and oxygen atoms in total. The number of rotatable bonds is 34. The van der Waals surface area contributed by atoms with Crippen molar-refractivity contribution in [1.29, 1.82) is 0 Å². The van der Waals surface area contributed by atoms with Gasteiger partial charge in [0, 0.05) is 17.9 Å². The normalized spacial score (nSPS) is 18.4. The molecule has 0 heterocycles. The lowest BCUT2D eigenvalue weighted by atomic mass is 9.73. The van der Waals surface area contributed by atoms with Crippen molar-refractivity contribution in [3.63, 3.8) is 0 Å². The lowest BCUT2D eigenvalue weighted by Gasteiger charge is -2.37. The molecule has 1 saturated carbocycles. The molecule has 3 unspecified atom stereocenters. The Morgan fingerprint density at radius 3 is 1.34 bits per heavy atom. The Labute approximate surface area is 314 Å². The van der Waals surface area contributed by atoms with Crippen molar-refractivity contribution in [2.45, 2.75) is 219 Å². The zero-order valence-electron chi connectivity index (χ0n) is 34.5. The molecule has 1 aliphatic carbocycles. The zero-order chi connectivity index (χ0) is 36.3. The second-order valence-corrected chi connectivity index (χ2v) is 16.1. The molecule has 0 aromatic carbocycles. The van der Waals surface area contributed by atoms with Crippen molar-refractivity contribution >= 4 is 5.78 Å². The molecule has 1 fully saturated rings. The third kappa shape index (κ3) is 25.5. The lowest BCUT2D eigenvalue weighted by Crippen LogP contribution is -2.44. The van der Waals surface area contributed by atoms with Crippen LogP contribution in [0.25, 0.3) is 0 Å². The van der Waals surface area contributed by atoms with Crippen LogP contribution in [0.3, 0.4) is 0 Å². The molecule has 1 rings (SSSR count). The van der Waals surface area contributed by atoms with E-state index in [0.717, 1.165) is 19.3 Å². The maximum atomic E-state index is 14.0. The van der Waals surface area contributed by atoms with Crippen LogP contribution in [0, 0.1) is 17.8 Å². The van der Waals surface area contributed by atoms with Crippen LogP contribution in [0.15, 0.2) is 48.6 Å². The van der Waals surface area contributed by atoms with Gasteiger partial charge in [-0.3, -0.25) is 4.79 Å². The number of allylic oxidation sites excluding steroid dienone is 8. The van der Waals surface area contributed by atoms with Gasteiger partial charge in [-0.1, -0.05) is 172 Å². The van der Waals surface area contributed by atoms with Crippen molar-refractivity contribution in [2.24, 2.45) is 17.8 Å². The van der Waals surface area contributed by atoms with Crippen LogP contribution in [0.5, 0.6) is 0 Å². The summed E-state index contributed by atoms with van der Waals surface area (Å²) in [6.07, 6.45) is 57.4. The molecule has 290 valence electrons. The van der Waals surface area contributed by atoms with Crippen LogP contribution >= 0.6 is 0 Å². The molecule has 0 radical (unpaired) electrons. The van der Waals surface area contributed by atoms with Crippen LogP contribution in [-0.2, 0) is 4.79 Å². The van der Waals surface area contributed by atoms with Crippen LogP contribution < -0.4 is 0 Å². The maximum Gasteiger partial charge on any atom is 0.140 e. The van der Waals surface area contributed by atoms with E-state index < -0.39 is 0 Å². The molecule has 0 bridgehead atoms. The van der Waals surface area contributed by atoms with E-state index >= 15 is 0 Å². The molecule has 0 aliphatic heterocycles. The molecular weight excluding hydrogens is 607 g/mol. The Hall–Kier alpha value is -1.41. The molecule has 50 heavy (non-hydrogen) atoms. The highest BCUT2D eigenvalue weighted by molar-refractivity contribution is 5.84. The summed E-state index contributed by atoms with van der Waals surface area (Å²) in [7, 11) is 4.37. The summed E-state index contributed by atoms with van der Waals surface area (Å²) in [5, 5.41) is 0. The van der Waals surface area contributed by atoms with Gasteiger partial charge in [0.2, 0.25) is 0 Å². The van der Waals surface area contributed by atoms with Gasteiger partial charge in [0.25, 0.3) is 0 Å². The first kappa shape index (κ1) is 46.6. The molecule has 0 N–H and O–H groups in total. The Kier molecular flexibility index (Phi) is 32.3. The summed E-state index contributed by atoms with van der Waals surface area (Å²) in [4.78, 5) is 16.3. The van der Waals surface area contributed by atoms with Gasteiger partial charge >= 0.3 is 0 Å². The standard InChI is InChI=1S/C48H87NO/c1-6-8-10-12-14-16-18-20-22-24-26-28-30-32-34-36-40-45(44(3)48(50)46-42-38-39-43-47(46)49(4)5)41-37-35-33-31-29-27-25-23-21-19-17-15-13-11-9-7-2/h14-17,20-23,44-47H,6-13,18-19,24-43H2,1-5H3. The van der Waals surface area contributed by atoms with Crippen molar-refractivity contribution in [3.05, 3.63) is 48.6 Å². The number of carbonyl (C=O) groups excluding carboxylic acids is 1. The zero-order valence-corrected chi connectivity index (χ0v) is 34.5. The van der Waals surface area contributed by atoms with E-state index in [1.165, 1.54) is 173 Å². The van der Waals surface area contributed by atoms with Gasteiger partial charge in [0.15, 0.2) is 0 Å². The van der Waals surface area contributed by atoms with E-state index in [1.54, 1.807) is 0 Å². The average Bonchev–Trinajstić information content (AvgIpc) is 3.12. The monoisotopic (exact) mass is 694 g/mol. The van der Waals surface area contributed by atoms with Gasteiger partial charge in [-0.15, -0.1) is 0 Å². The van der Waals surface area contributed by atoms with Crippen LogP contribution in [0.1, 0.15) is 213 Å². The fraction of sp³-hybridized carbons (Fsp3) is 0.812. The van der Waals surface area contributed by atoms with Gasteiger partial charge in [0.1, 0.15) is 5.78 Å². The second-order valence-electron chi connectivity index (χ2n) is 16.1. The van der Waals surface area contributed by atoms with Crippen LogP contribution in [0.2, 0.25) is 0 Å². The summed E-state index contributed by atoms with van der Waals surface area (Å²) in [5.41, 5.74) is 0. The third-order valence-electron chi connectivity index (χ3n) is 11.5. The number of Topliss-reactive ketones (excluding diaryl/α,β-unsaturated/α-hetero) is 1. The SMILES string of the molecule is CCCCCC=CCC=CCCCCCCCCC(CCCCCCCCC=CCC=CCCCCC)C(C)C(=O)C1CCCCC1N(C)C. The number of carbonyl (C=O) groups is 1. The molecular formula is C48H87NO. The van der Waals surface area contributed by atoms with Gasteiger partial charge in [-0.05, 0) is 110 Å². The van der Waals surface area contributed by atoms with E-state index in [1.807, 2.05) is 0 Å². The topological polar surface area (TPSA) is 20.3 Å². The van der Waals surface area contributed by atoms with E-state index in [9.17, 15) is 4.79 Å². The summed E-state index contributed by atoms with van der Waals surface area (Å²) in [6.45, 7) is 6.85. The quantitative estimate of drug-likeness (QED) is 0.0494. The Bertz CT molecular complexity index is 817. The number of ketones is 1. The van der Waals surface area contributed by atoms with Crippen molar-refractivity contribution in [2.75, 3.05) is 14.1 Å². The summed E-state index contributed by atoms with van der Waals surface area (Å²) in [6, 6.07) is 0.447. The highest BCUT2D eigenvalue weighted by atomic mass is 16.1. The lowest BCUT2D eigenvalue weighted by molar-refractivity contribution is -0.131. The molecule has 0 aromatic heterocycles.